The van der Waals surface area contributed by atoms with Gasteiger partial charge < -0.3 is 0 Å². The number of hydrogen-bond acceptors (Lipinski definition) is 4. The Balaban J connectivity index is 2.30. The summed E-state index contributed by atoms with van der Waals surface area (Å²) in [4.78, 5) is 5.14. The summed E-state index contributed by atoms with van der Waals surface area (Å²) < 4.78 is 26.0. The Bertz CT molecular complexity index is 462. The molecule has 0 radical (unpaired) electrons. The van der Waals surface area contributed by atoms with E-state index in [1.165, 1.54) is 6.07 Å². The maximum absolute atomic E-state index is 12.1. The summed E-state index contributed by atoms with van der Waals surface area (Å²) in [6.07, 6.45) is 1.71. The van der Waals surface area contributed by atoms with E-state index in [0.717, 1.165) is 28.6 Å². The van der Waals surface area contributed by atoms with Crippen LogP contribution in [-0.4, -0.2) is 26.0 Å². The van der Waals surface area contributed by atoms with Gasteiger partial charge in [0.05, 0.1) is 15.4 Å². The normalized spacial score (nSPS) is 18.9. The maximum Gasteiger partial charge on any atom is 0.274 e. The second-order valence-corrected chi connectivity index (χ2v) is 8.09. The molecule has 0 atom stereocenters. The van der Waals surface area contributed by atoms with Gasteiger partial charge >= 0.3 is 0 Å². The Morgan fingerprint density at radius 2 is 2.25 bits per heavy atom. The third-order valence-corrected chi connectivity index (χ3v) is 6.72. The van der Waals surface area contributed by atoms with Gasteiger partial charge in [-0.3, -0.25) is 4.84 Å². The summed E-state index contributed by atoms with van der Waals surface area (Å²) in [5.41, 5.74) is 0. The van der Waals surface area contributed by atoms with E-state index in [2.05, 4.69) is 15.9 Å². The number of rotatable bonds is 2. The molecule has 0 aliphatic carbocycles. The zero-order valence-corrected chi connectivity index (χ0v) is 12.1. The van der Waals surface area contributed by atoms with Crippen molar-refractivity contribution in [2.24, 2.45) is 0 Å². The monoisotopic (exact) mass is 345 g/mol. The van der Waals surface area contributed by atoms with Gasteiger partial charge in [0.25, 0.3) is 10.0 Å². The van der Waals surface area contributed by atoms with Crippen molar-refractivity contribution in [2.75, 3.05) is 13.2 Å². The fourth-order valence-electron chi connectivity index (χ4n) is 1.32. The SMILES string of the molecule is O=S(=O)(c1cc(Cl)c(Br)s1)N1CCCCO1. The molecule has 0 spiro atoms. The predicted octanol–water partition coefficient (Wildman–Crippen LogP) is 2.88. The first-order valence-corrected chi connectivity index (χ1v) is 8.05. The van der Waals surface area contributed by atoms with Crippen LogP contribution in [0.25, 0.3) is 0 Å². The van der Waals surface area contributed by atoms with Crippen molar-refractivity contribution in [3.63, 3.8) is 0 Å². The molecule has 16 heavy (non-hydrogen) atoms. The molecule has 0 saturated carbocycles. The molecule has 1 fully saturated rings. The molecule has 1 aliphatic rings. The van der Waals surface area contributed by atoms with Crippen LogP contribution in [0.2, 0.25) is 5.02 Å². The van der Waals surface area contributed by atoms with Crippen molar-refractivity contribution in [1.82, 2.24) is 4.47 Å². The minimum absolute atomic E-state index is 0.200. The summed E-state index contributed by atoms with van der Waals surface area (Å²) in [6, 6.07) is 1.43. The number of hydrogen-bond donors (Lipinski definition) is 0. The van der Waals surface area contributed by atoms with Gasteiger partial charge in [-0.1, -0.05) is 16.1 Å². The standard InChI is InChI=1S/C8H9BrClNO3S2/c9-8-6(10)5-7(15-8)16(12,13)11-3-1-2-4-14-11/h5H,1-4H2. The van der Waals surface area contributed by atoms with Crippen LogP contribution in [0.15, 0.2) is 14.1 Å². The minimum atomic E-state index is -3.55. The van der Waals surface area contributed by atoms with E-state index in [4.69, 9.17) is 16.4 Å². The number of halogens is 2. The van der Waals surface area contributed by atoms with Crippen molar-refractivity contribution in [2.45, 2.75) is 17.1 Å². The quantitative estimate of drug-likeness (QED) is 0.827. The fourth-order valence-corrected chi connectivity index (χ4v) is 5.11. The van der Waals surface area contributed by atoms with Gasteiger partial charge in [-0.15, -0.1) is 11.3 Å². The van der Waals surface area contributed by atoms with Crippen LogP contribution in [0.5, 0.6) is 0 Å². The lowest BCUT2D eigenvalue weighted by molar-refractivity contribution is -0.108. The molecule has 0 unspecified atom stereocenters. The van der Waals surface area contributed by atoms with Gasteiger partial charge in [0, 0.05) is 6.54 Å². The lowest BCUT2D eigenvalue weighted by atomic mass is 10.3. The Hall–Kier alpha value is 0.340. The van der Waals surface area contributed by atoms with Crippen molar-refractivity contribution in [3.8, 4) is 0 Å². The van der Waals surface area contributed by atoms with Gasteiger partial charge in [-0.25, -0.2) is 8.42 Å². The van der Waals surface area contributed by atoms with E-state index in [-0.39, 0.29) is 4.21 Å². The highest BCUT2D eigenvalue weighted by Crippen LogP contribution is 2.36. The largest absolute Gasteiger partial charge is 0.284 e. The Morgan fingerprint density at radius 1 is 1.50 bits per heavy atom. The van der Waals surface area contributed by atoms with Crippen LogP contribution in [0.4, 0.5) is 0 Å². The predicted molar refractivity (Wildman–Crippen MR) is 66.1 cm³/mol. The summed E-state index contributed by atoms with van der Waals surface area (Å²) in [6.45, 7) is 0.842. The molecule has 1 saturated heterocycles. The van der Waals surface area contributed by atoms with Crippen LogP contribution in [0.3, 0.4) is 0 Å². The topological polar surface area (TPSA) is 46.6 Å². The molecule has 1 aromatic rings. The molecule has 2 rings (SSSR count). The molecule has 0 N–H and O–H groups in total. The smallest absolute Gasteiger partial charge is 0.274 e. The van der Waals surface area contributed by atoms with Crippen LogP contribution in [0.1, 0.15) is 12.8 Å². The Labute approximate surface area is 111 Å². The first kappa shape index (κ1) is 12.8. The minimum Gasteiger partial charge on any atom is -0.284 e. The molecular weight excluding hydrogens is 338 g/mol. The second kappa shape index (κ2) is 4.91. The first-order valence-electron chi connectivity index (χ1n) is 4.62. The van der Waals surface area contributed by atoms with Crippen molar-refractivity contribution in [3.05, 3.63) is 14.9 Å². The lowest BCUT2D eigenvalue weighted by Crippen LogP contribution is -2.35. The zero-order valence-electron chi connectivity index (χ0n) is 8.15. The highest BCUT2D eigenvalue weighted by molar-refractivity contribution is 9.11. The van der Waals surface area contributed by atoms with Gasteiger partial charge in [-0.05, 0) is 34.8 Å². The van der Waals surface area contributed by atoms with Gasteiger partial charge in [-0.2, -0.15) is 0 Å². The molecular formula is C8H9BrClNO3S2. The average molecular weight is 347 g/mol. The lowest BCUT2D eigenvalue weighted by Gasteiger charge is -2.24. The summed E-state index contributed by atoms with van der Waals surface area (Å²) in [5, 5.41) is 0.403. The van der Waals surface area contributed by atoms with Gasteiger partial charge in [0.15, 0.2) is 0 Å². The van der Waals surface area contributed by atoms with Gasteiger partial charge in [0.2, 0.25) is 0 Å². The molecule has 1 aromatic heterocycles. The average Bonchev–Trinajstić information content (AvgIpc) is 2.61. The fraction of sp³-hybridized carbons (Fsp3) is 0.500. The second-order valence-electron chi connectivity index (χ2n) is 3.26. The number of sulfonamides is 1. The first-order chi connectivity index (χ1) is 7.51. The summed E-state index contributed by atoms with van der Waals surface area (Å²) >= 11 is 10.1. The van der Waals surface area contributed by atoms with Crippen molar-refractivity contribution >= 4 is 48.9 Å². The highest BCUT2D eigenvalue weighted by Gasteiger charge is 2.29. The van der Waals surface area contributed by atoms with Gasteiger partial charge in [0.1, 0.15) is 4.21 Å². The molecule has 4 nitrogen and oxygen atoms in total. The van der Waals surface area contributed by atoms with E-state index < -0.39 is 10.0 Å². The molecule has 90 valence electrons. The molecule has 1 aliphatic heterocycles. The number of thiophene rings is 1. The summed E-state index contributed by atoms with van der Waals surface area (Å²) in [7, 11) is -3.55. The Morgan fingerprint density at radius 3 is 2.75 bits per heavy atom. The van der Waals surface area contributed by atoms with Crippen molar-refractivity contribution in [1.29, 1.82) is 0 Å². The van der Waals surface area contributed by atoms with Crippen LogP contribution >= 0.6 is 38.9 Å². The van der Waals surface area contributed by atoms with Crippen LogP contribution < -0.4 is 0 Å². The van der Waals surface area contributed by atoms with Crippen LogP contribution in [-0.2, 0) is 14.9 Å². The third-order valence-electron chi connectivity index (χ3n) is 2.12. The maximum atomic E-state index is 12.1. The number of hydroxylamine groups is 1. The van der Waals surface area contributed by atoms with E-state index in [1.807, 2.05) is 0 Å². The van der Waals surface area contributed by atoms with E-state index in [0.29, 0.717) is 22.0 Å². The molecule has 8 heteroatoms. The van der Waals surface area contributed by atoms with E-state index in [9.17, 15) is 8.42 Å². The summed E-state index contributed by atoms with van der Waals surface area (Å²) in [5.74, 6) is 0. The van der Waals surface area contributed by atoms with Crippen LogP contribution in [0, 0.1) is 0 Å². The number of nitrogens with zero attached hydrogens (tertiary/aromatic N) is 1. The van der Waals surface area contributed by atoms with E-state index >= 15 is 0 Å². The highest BCUT2D eigenvalue weighted by atomic mass is 79.9. The van der Waals surface area contributed by atoms with Crippen molar-refractivity contribution < 1.29 is 13.3 Å². The Kier molecular flexibility index (Phi) is 3.93. The molecule has 2 heterocycles. The molecule has 0 bridgehead atoms. The molecule has 0 aromatic carbocycles. The zero-order chi connectivity index (χ0) is 11.8. The molecule has 0 amide bonds. The third kappa shape index (κ3) is 2.44. The van der Waals surface area contributed by atoms with E-state index in [1.54, 1.807) is 0 Å².